The van der Waals surface area contributed by atoms with E-state index in [1.165, 1.54) is 0 Å². The molecule has 2 aromatic heterocycles. The molecule has 0 aromatic carbocycles. The van der Waals surface area contributed by atoms with Gasteiger partial charge in [0.25, 0.3) is 0 Å². The Morgan fingerprint density at radius 2 is 2.14 bits per heavy atom. The molecule has 0 fully saturated rings. The topological polar surface area (TPSA) is 153 Å². The summed E-state index contributed by atoms with van der Waals surface area (Å²) in [5.74, 6) is 2.40. The van der Waals surface area contributed by atoms with Crippen LogP contribution in [0.1, 0.15) is 48.1 Å². The molecule has 16 heteroatoms. The number of halogens is 3. The van der Waals surface area contributed by atoms with Gasteiger partial charge in [-0.1, -0.05) is 5.16 Å². The highest BCUT2D eigenvalue weighted by atomic mass is 32.2. The van der Waals surface area contributed by atoms with Crippen LogP contribution in [0.2, 0.25) is 0 Å². The van der Waals surface area contributed by atoms with E-state index >= 15 is 0 Å². The number of hydrogen-bond acceptors (Lipinski definition) is 11. The second-order valence-electron chi connectivity index (χ2n) is 7.85. The fourth-order valence-electron chi connectivity index (χ4n) is 3.42. The highest BCUT2D eigenvalue weighted by molar-refractivity contribution is 7.98. The Labute approximate surface area is 208 Å². The van der Waals surface area contributed by atoms with E-state index in [4.69, 9.17) is 25.6 Å². The minimum atomic E-state index is -5.08. The van der Waals surface area contributed by atoms with Crippen LogP contribution in [0.15, 0.2) is 14.8 Å². The second-order valence-corrected chi connectivity index (χ2v) is 8.84. The average molecular weight is 531 g/mol. The van der Waals surface area contributed by atoms with Crippen LogP contribution in [0, 0.1) is 12.3 Å². The van der Waals surface area contributed by atoms with Crippen molar-refractivity contribution >= 4 is 17.7 Å². The summed E-state index contributed by atoms with van der Waals surface area (Å²) >= 11 is 1.75. The number of fused-ring (bicyclic) bond motifs is 1. The SMILES string of the molecule is C#CCCC1(CCNC(c2noc3c2COCC3)c2nnnn2CCSC)N=N1.O=C(O)C(F)(F)F. The number of nitrogens with one attached hydrogen (secondary N) is 1. The molecule has 196 valence electrons. The molecule has 0 bridgehead atoms. The molecule has 0 saturated carbocycles. The van der Waals surface area contributed by atoms with E-state index in [2.05, 4.69) is 48.4 Å². The number of carbonyl (C=O) groups is 1. The second kappa shape index (κ2) is 12.3. The molecule has 4 rings (SSSR count). The molecule has 1 atom stereocenters. The van der Waals surface area contributed by atoms with Crippen molar-refractivity contribution < 1.29 is 32.3 Å². The molecular formula is C20H25F3N8O4S. The number of aryl methyl sites for hydroxylation is 1. The van der Waals surface area contributed by atoms with Crippen molar-refractivity contribution in [3.8, 4) is 12.3 Å². The first kappa shape index (κ1) is 27.6. The molecule has 2 aromatic rings. The molecule has 12 nitrogen and oxygen atoms in total. The third kappa shape index (κ3) is 7.24. The van der Waals surface area contributed by atoms with Crippen LogP contribution >= 0.6 is 11.8 Å². The Balaban J connectivity index is 0.000000454. The van der Waals surface area contributed by atoms with Gasteiger partial charge >= 0.3 is 12.1 Å². The number of ether oxygens (including phenoxy) is 1. The number of thioether (sulfide) groups is 1. The summed E-state index contributed by atoms with van der Waals surface area (Å²) in [7, 11) is 0. The van der Waals surface area contributed by atoms with Gasteiger partial charge in [-0.25, -0.2) is 9.48 Å². The van der Waals surface area contributed by atoms with Gasteiger partial charge in [0.1, 0.15) is 17.5 Å². The largest absolute Gasteiger partial charge is 0.490 e. The van der Waals surface area contributed by atoms with Crippen molar-refractivity contribution in [1.29, 1.82) is 0 Å². The average Bonchev–Trinajstić information content (AvgIpc) is 3.25. The first-order valence-electron chi connectivity index (χ1n) is 10.9. The fourth-order valence-corrected chi connectivity index (χ4v) is 3.78. The van der Waals surface area contributed by atoms with Crippen molar-refractivity contribution in [2.45, 2.75) is 56.7 Å². The molecule has 1 unspecified atom stereocenters. The van der Waals surface area contributed by atoms with Gasteiger partial charge in [0.15, 0.2) is 11.5 Å². The summed E-state index contributed by atoms with van der Waals surface area (Å²) in [4.78, 5) is 8.90. The van der Waals surface area contributed by atoms with Crippen LogP contribution in [0.25, 0.3) is 0 Å². The van der Waals surface area contributed by atoms with E-state index in [9.17, 15) is 13.2 Å². The number of aliphatic carboxylic acids is 1. The fraction of sp³-hybridized carbons (Fsp3) is 0.650. The van der Waals surface area contributed by atoms with Gasteiger partial charge in [-0.15, -0.1) is 17.4 Å². The molecule has 0 aliphatic carbocycles. The van der Waals surface area contributed by atoms with E-state index in [1.54, 1.807) is 11.8 Å². The number of terminal acetylenes is 1. The molecule has 2 N–H and O–H groups in total. The van der Waals surface area contributed by atoms with Gasteiger partial charge in [-0.3, -0.25) is 0 Å². The smallest absolute Gasteiger partial charge is 0.475 e. The number of aromatic nitrogens is 5. The monoisotopic (exact) mass is 530 g/mol. The number of tetrazole rings is 1. The van der Waals surface area contributed by atoms with Crippen LogP contribution < -0.4 is 5.32 Å². The van der Waals surface area contributed by atoms with E-state index in [-0.39, 0.29) is 11.7 Å². The molecule has 36 heavy (non-hydrogen) atoms. The van der Waals surface area contributed by atoms with Gasteiger partial charge in [0, 0.05) is 43.5 Å². The van der Waals surface area contributed by atoms with Crippen molar-refractivity contribution in [1.82, 2.24) is 30.7 Å². The molecule has 0 spiro atoms. The number of carboxylic acid groups (broad SMARTS) is 1. The Kier molecular flexibility index (Phi) is 9.40. The zero-order valence-electron chi connectivity index (χ0n) is 19.4. The van der Waals surface area contributed by atoms with Crippen molar-refractivity contribution in [2.75, 3.05) is 25.2 Å². The normalized spacial score (nSPS) is 16.4. The van der Waals surface area contributed by atoms with Gasteiger partial charge in [-0.2, -0.15) is 35.2 Å². The summed E-state index contributed by atoms with van der Waals surface area (Å²) in [5.41, 5.74) is 1.42. The quantitative estimate of drug-likeness (QED) is 0.414. The highest BCUT2D eigenvalue weighted by Crippen LogP contribution is 2.36. The highest BCUT2D eigenvalue weighted by Gasteiger charge is 2.40. The summed E-state index contributed by atoms with van der Waals surface area (Å²) < 4.78 is 44.8. The Morgan fingerprint density at radius 3 is 2.78 bits per heavy atom. The summed E-state index contributed by atoms with van der Waals surface area (Å²) in [6, 6.07) is -0.301. The van der Waals surface area contributed by atoms with Crippen LogP contribution in [-0.4, -0.2) is 73.4 Å². The lowest BCUT2D eigenvalue weighted by molar-refractivity contribution is -0.192. The number of rotatable bonds is 11. The number of hydrogen-bond donors (Lipinski definition) is 2. The molecule has 0 saturated heterocycles. The van der Waals surface area contributed by atoms with Crippen LogP contribution in [0.3, 0.4) is 0 Å². The van der Waals surface area contributed by atoms with Crippen molar-refractivity contribution in [2.24, 2.45) is 10.2 Å². The van der Waals surface area contributed by atoms with E-state index < -0.39 is 12.1 Å². The first-order chi connectivity index (χ1) is 17.2. The molecule has 0 radical (unpaired) electrons. The van der Waals surface area contributed by atoms with Crippen molar-refractivity contribution in [3.63, 3.8) is 0 Å². The Bertz CT molecular complexity index is 1090. The summed E-state index contributed by atoms with van der Waals surface area (Å²) in [5, 5.41) is 35.8. The predicted octanol–water partition coefficient (Wildman–Crippen LogP) is 2.37. The minimum absolute atomic E-state index is 0.301. The zero-order chi connectivity index (χ0) is 26.2. The maximum absolute atomic E-state index is 10.6. The summed E-state index contributed by atoms with van der Waals surface area (Å²) in [6.07, 6.45) is 5.28. The van der Waals surface area contributed by atoms with Gasteiger partial charge in [0.2, 0.25) is 0 Å². The van der Waals surface area contributed by atoms with Crippen LogP contribution in [-0.2, 0) is 29.1 Å². The predicted molar refractivity (Wildman–Crippen MR) is 120 cm³/mol. The van der Waals surface area contributed by atoms with Crippen LogP contribution in [0.5, 0.6) is 0 Å². The van der Waals surface area contributed by atoms with Gasteiger partial charge in [0.05, 0.1) is 19.8 Å². The first-order valence-corrected chi connectivity index (χ1v) is 12.3. The lowest BCUT2D eigenvalue weighted by Gasteiger charge is -2.19. The number of nitrogens with zero attached hydrogens (tertiary/aromatic N) is 7. The Morgan fingerprint density at radius 1 is 1.39 bits per heavy atom. The minimum Gasteiger partial charge on any atom is -0.475 e. The number of carboxylic acids is 1. The van der Waals surface area contributed by atoms with E-state index in [1.807, 2.05) is 4.68 Å². The summed E-state index contributed by atoms with van der Waals surface area (Å²) in [6.45, 7) is 2.51. The molecule has 0 amide bonds. The zero-order valence-corrected chi connectivity index (χ0v) is 20.2. The van der Waals surface area contributed by atoms with E-state index in [0.29, 0.717) is 32.0 Å². The lowest BCUT2D eigenvalue weighted by atomic mass is 10.0. The molecular weight excluding hydrogens is 505 g/mol. The third-order valence-electron chi connectivity index (χ3n) is 5.39. The van der Waals surface area contributed by atoms with E-state index in [0.717, 1.165) is 48.6 Å². The lowest BCUT2D eigenvalue weighted by Crippen LogP contribution is -2.31. The maximum Gasteiger partial charge on any atom is 0.490 e. The molecule has 4 heterocycles. The molecule has 2 aliphatic heterocycles. The van der Waals surface area contributed by atoms with Gasteiger partial charge in [-0.05, 0) is 16.7 Å². The van der Waals surface area contributed by atoms with Crippen LogP contribution in [0.4, 0.5) is 13.2 Å². The number of alkyl halides is 3. The third-order valence-corrected chi connectivity index (χ3v) is 5.98. The van der Waals surface area contributed by atoms with Crippen molar-refractivity contribution in [3.05, 3.63) is 22.8 Å². The maximum atomic E-state index is 10.6. The standard InChI is InChI=1S/C18H24N8O2S.C2HF3O2/c1-3-4-6-18(22-23-18)7-8-19-16(17-20-24-25-26(17)9-11-29-2)15-13-12-27-10-5-14(13)28-21-15;3-2(4,5)1(6)7/h1,16,19H,4-12H2,2H3;(H,6,7). The molecule has 2 aliphatic rings. The van der Waals surface area contributed by atoms with Gasteiger partial charge < -0.3 is 19.7 Å². The Hall–Kier alpha value is -3.03.